The van der Waals surface area contributed by atoms with Crippen LogP contribution in [0.2, 0.25) is 0 Å². The molecule has 3 aromatic rings. The molecule has 0 unspecified atom stereocenters. The number of phenols is 3. The Labute approximate surface area is 187 Å². The fraction of sp³-hybridized carbons (Fsp3) is 0.231. The molecule has 3 aromatic carbocycles. The fourth-order valence-electron chi connectivity index (χ4n) is 3.25. The van der Waals surface area contributed by atoms with Crippen LogP contribution < -0.4 is 14.2 Å². The summed E-state index contributed by atoms with van der Waals surface area (Å²) in [5.74, 6) is 0.972. The largest absolute Gasteiger partial charge is 0.508 e. The maximum Gasteiger partial charge on any atom is 0.170 e. The van der Waals surface area contributed by atoms with Crippen LogP contribution in [0, 0.1) is 0 Å². The molecule has 0 heterocycles. The normalized spacial score (nSPS) is 10.5. The van der Waals surface area contributed by atoms with Gasteiger partial charge in [-0.05, 0) is 67.8 Å². The molecule has 6 nitrogen and oxygen atoms in total. The molecule has 0 aliphatic carbocycles. The van der Waals surface area contributed by atoms with Gasteiger partial charge >= 0.3 is 0 Å². The lowest BCUT2D eigenvalue weighted by molar-refractivity contribution is 0.327. The summed E-state index contributed by atoms with van der Waals surface area (Å²) in [5.41, 5.74) is 4.51. The molecule has 0 radical (unpaired) electrons. The Morgan fingerprint density at radius 1 is 0.781 bits per heavy atom. The van der Waals surface area contributed by atoms with Crippen LogP contribution in [0.4, 0.5) is 0 Å². The highest BCUT2D eigenvalue weighted by Crippen LogP contribution is 2.50. The van der Waals surface area contributed by atoms with Crippen LogP contribution in [0.25, 0.3) is 22.3 Å². The van der Waals surface area contributed by atoms with Crippen molar-refractivity contribution in [2.24, 2.45) is 0 Å². The number of hydrogen-bond acceptors (Lipinski definition) is 6. The van der Waals surface area contributed by atoms with E-state index < -0.39 is 0 Å². The Balaban J connectivity index is 2.07. The summed E-state index contributed by atoms with van der Waals surface area (Å²) in [6.45, 7) is 6.36. The van der Waals surface area contributed by atoms with E-state index in [1.165, 1.54) is 20.3 Å². The smallest absolute Gasteiger partial charge is 0.170 e. The monoisotopic (exact) mass is 436 g/mol. The van der Waals surface area contributed by atoms with E-state index in [-0.39, 0.29) is 23.0 Å². The van der Waals surface area contributed by atoms with Gasteiger partial charge in [0, 0.05) is 5.56 Å². The predicted molar refractivity (Wildman–Crippen MR) is 125 cm³/mol. The Morgan fingerprint density at radius 3 is 2.00 bits per heavy atom. The summed E-state index contributed by atoms with van der Waals surface area (Å²) < 4.78 is 16.8. The second-order valence-corrected chi connectivity index (χ2v) is 7.68. The van der Waals surface area contributed by atoms with Crippen molar-refractivity contribution in [2.45, 2.75) is 20.8 Å². The molecule has 0 aliphatic heterocycles. The first-order valence-electron chi connectivity index (χ1n) is 10.1. The predicted octanol–water partition coefficient (Wildman–Crippen LogP) is 5.89. The Bertz CT molecular complexity index is 1140. The fourth-order valence-corrected chi connectivity index (χ4v) is 3.25. The van der Waals surface area contributed by atoms with Crippen LogP contribution in [-0.2, 0) is 0 Å². The second kappa shape index (κ2) is 9.56. The third kappa shape index (κ3) is 4.59. The van der Waals surface area contributed by atoms with Crippen molar-refractivity contribution >= 4 is 0 Å². The lowest BCUT2D eigenvalue weighted by atomic mass is 9.96. The third-order valence-corrected chi connectivity index (χ3v) is 5.37. The van der Waals surface area contributed by atoms with E-state index in [2.05, 4.69) is 0 Å². The lowest BCUT2D eigenvalue weighted by Gasteiger charge is -2.18. The van der Waals surface area contributed by atoms with Crippen LogP contribution in [-0.4, -0.2) is 36.1 Å². The number of ether oxygens (including phenoxy) is 3. The van der Waals surface area contributed by atoms with Gasteiger partial charge in [-0.1, -0.05) is 23.8 Å². The molecular weight excluding hydrogens is 408 g/mol. The number of hydrogen-bond donors (Lipinski definition) is 3. The minimum atomic E-state index is -0.122. The molecule has 3 rings (SSSR count). The van der Waals surface area contributed by atoms with Crippen molar-refractivity contribution in [3.63, 3.8) is 0 Å². The van der Waals surface area contributed by atoms with Gasteiger partial charge in [0.25, 0.3) is 0 Å². The first-order valence-corrected chi connectivity index (χ1v) is 10.1. The van der Waals surface area contributed by atoms with Crippen molar-refractivity contribution < 1.29 is 29.5 Å². The van der Waals surface area contributed by atoms with Crippen LogP contribution >= 0.6 is 0 Å². The number of aromatic hydroxyl groups is 3. The molecule has 0 bridgehead atoms. The topological polar surface area (TPSA) is 88.4 Å². The summed E-state index contributed by atoms with van der Waals surface area (Å²) in [6.07, 6.45) is 0. The van der Waals surface area contributed by atoms with E-state index in [9.17, 15) is 15.3 Å². The molecular formula is C26H28O6. The quantitative estimate of drug-likeness (QED) is 0.400. The van der Waals surface area contributed by atoms with Crippen molar-refractivity contribution in [1.29, 1.82) is 0 Å². The van der Waals surface area contributed by atoms with Gasteiger partial charge in [-0.3, -0.25) is 0 Å². The molecule has 0 aliphatic rings. The van der Waals surface area contributed by atoms with Crippen molar-refractivity contribution in [3.8, 4) is 56.8 Å². The van der Waals surface area contributed by atoms with Gasteiger partial charge in [-0.25, -0.2) is 0 Å². The molecule has 6 heteroatoms. The van der Waals surface area contributed by atoms with Crippen LogP contribution in [0.1, 0.15) is 20.8 Å². The molecule has 0 spiro atoms. The number of methoxy groups -OCH3 is 2. The Hall–Kier alpha value is -3.80. The standard InChI is InChI=1S/C26H28O6/c1-15(2)16(3)14-32-22-11-8-18(12-21(22)28)24-23(30-4)13-20(26(31-5)25(24)29)17-6-9-19(27)10-7-17/h6-13,27-29H,14H2,1-5H3. The van der Waals surface area contributed by atoms with Gasteiger partial charge in [0.15, 0.2) is 23.0 Å². The zero-order valence-electron chi connectivity index (χ0n) is 18.9. The Morgan fingerprint density at radius 2 is 1.44 bits per heavy atom. The number of rotatable bonds is 7. The highest BCUT2D eigenvalue weighted by molar-refractivity contribution is 5.88. The average molecular weight is 437 g/mol. The molecule has 168 valence electrons. The van der Waals surface area contributed by atoms with E-state index in [0.717, 1.165) is 16.7 Å². The van der Waals surface area contributed by atoms with Gasteiger partial charge in [0.2, 0.25) is 0 Å². The van der Waals surface area contributed by atoms with Crippen LogP contribution in [0.5, 0.6) is 34.5 Å². The average Bonchev–Trinajstić information content (AvgIpc) is 2.77. The minimum absolute atomic E-state index is 0.0490. The second-order valence-electron chi connectivity index (χ2n) is 7.68. The SMILES string of the molecule is COc1cc(-c2ccc(O)cc2)c(OC)c(O)c1-c1ccc(OCC(C)=C(C)C)c(O)c1. The molecule has 0 amide bonds. The Kier molecular flexibility index (Phi) is 6.83. The van der Waals surface area contributed by atoms with Gasteiger partial charge in [0.05, 0.1) is 19.8 Å². The highest BCUT2D eigenvalue weighted by atomic mass is 16.5. The first-order chi connectivity index (χ1) is 15.3. The number of allylic oxidation sites excluding steroid dienone is 1. The summed E-state index contributed by atoms with van der Waals surface area (Å²) in [5, 5.41) is 31.2. The maximum absolute atomic E-state index is 11.1. The summed E-state index contributed by atoms with van der Waals surface area (Å²) in [6, 6.07) is 13.2. The molecule has 0 fully saturated rings. The molecule has 3 N–H and O–H groups in total. The third-order valence-electron chi connectivity index (χ3n) is 5.37. The molecule has 0 aromatic heterocycles. The zero-order valence-corrected chi connectivity index (χ0v) is 18.9. The van der Waals surface area contributed by atoms with E-state index in [0.29, 0.717) is 34.8 Å². The van der Waals surface area contributed by atoms with Gasteiger partial charge in [-0.2, -0.15) is 0 Å². The van der Waals surface area contributed by atoms with E-state index >= 15 is 0 Å². The summed E-state index contributed by atoms with van der Waals surface area (Å²) in [4.78, 5) is 0. The van der Waals surface area contributed by atoms with E-state index in [1.807, 2.05) is 20.8 Å². The maximum atomic E-state index is 11.1. The molecule has 0 saturated heterocycles. The lowest BCUT2D eigenvalue weighted by Crippen LogP contribution is -2.00. The molecule has 0 saturated carbocycles. The van der Waals surface area contributed by atoms with Crippen molar-refractivity contribution in [2.75, 3.05) is 20.8 Å². The van der Waals surface area contributed by atoms with Gasteiger partial charge in [-0.15, -0.1) is 0 Å². The van der Waals surface area contributed by atoms with Crippen molar-refractivity contribution in [1.82, 2.24) is 0 Å². The highest BCUT2D eigenvalue weighted by Gasteiger charge is 2.22. The molecule has 0 atom stereocenters. The van der Waals surface area contributed by atoms with Gasteiger partial charge in [0.1, 0.15) is 18.1 Å². The van der Waals surface area contributed by atoms with Crippen molar-refractivity contribution in [3.05, 3.63) is 59.7 Å². The van der Waals surface area contributed by atoms with E-state index in [1.54, 1.807) is 42.5 Å². The first kappa shape index (κ1) is 22.9. The summed E-state index contributed by atoms with van der Waals surface area (Å²) >= 11 is 0. The molecule has 32 heavy (non-hydrogen) atoms. The van der Waals surface area contributed by atoms with Crippen LogP contribution in [0.15, 0.2) is 59.7 Å². The van der Waals surface area contributed by atoms with E-state index in [4.69, 9.17) is 14.2 Å². The zero-order chi connectivity index (χ0) is 23.4. The number of benzene rings is 3. The van der Waals surface area contributed by atoms with Gasteiger partial charge < -0.3 is 29.5 Å². The number of phenolic OH excluding ortho intramolecular Hbond substituents is 3. The summed E-state index contributed by atoms with van der Waals surface area (Å²) in [7, 11) is 2.97. The minimum Gasteiger partial charge on any atom is -0.508 e. The van der Waals surface area contributed by atoms with Crippen LogP contribution in [0.3, 0.4) is 0 Å².